The number of carbonyl (C=O) groups is 2. The van der Waals surface area contributed by atoms with Crippen LogP contribution in [-0.2, 0) is 26.2 Å². The number of nitrogens with zero attached hydrogens (tertiary/aromatic N) is 2. The molecule has 0 radical (unpaired) electrons. The second kappa shape index (κ2) is 12.7. The van der Waals surface area contributed by atoms with E-state index < -0.39 is 21.9 Å². The zero-order valence-corrected chi connectivity index (χ0v) is 23.0. The Kier molecular flexibility index (Phi) is 9.90. The van der Waals surface area contributed by atoms with E-state index in [9.17, 15) is 22.4 Å². The highest BCUT2D eigenvalue weighted by Gasteiger charge is 2.28. The number of carbonyl (C=O) groups excluding carboxylic acids is 2. The summed E-state index contributed by atoms with van der Waals surface area (Å²) in [6.07, 6.45) is 5.45. The maximum absolute atomic E-state index is 13.3. The largest absolute Gasteiger partial charge is 0.352 e. The lowest BCUT2D eigenvalue weighted by Crippen LogP contribution is -2.49. The summed E-state index contributed by atoms with van der Waals surface area (Å²) in [4.78, 5) is 27.9. The molecule has 2 aromatic rings. The first-order valence-corrected chi connectivity index (χ1v) is 14.8. The van der Waals surface area contributed by atoms with Gasteiger partial charge in [-0.1, -0.05) is 40.9 Å². The maximum Gasteiger partial charge on any atom is 0.242 e. The van der Waals surface area contributed by atoms with E-state index in [4.69, 9.17) is 0 Å². The molecule has 1 aliphatic carbocycles. The van der Waals surface area contributed by atoms with Gasteiger partial charge in [-0.05, 0) is 68.1 Å². The van der Waals surface area contributed by atoms with Crippen molar-refractivity contribution in [2.75, 3.05) is 17.1 Å². The van der Waals surface area contributed by atoms with E-state index in [1.165, 1.54) is 24.3 Å². The van der Waals surface area contributed by atoms with Crippen LogP contribution in [0.4, 0.5) is 10.1 Å². The highest BCUT2D eigenvalue weighted by atomic mass is 79.9. The van der Waals surface area contributed by atoms with Crippen LogP contribution < -0.4 is 9.62 Å². The molecule has 7 nitrogen and oxygen atoms in total. The van der Waals surface area contributed by atoms with Gasteiger partial charge >= 0.3 is 0 Å². The van der Waals surface area contributed by atoms with Crippen LogP contribution in [0.15, 0.2) is 53.0 Å². The van der Waals surface area contributed by atoms with Gasteiger partial charge in [0, 0.05) is 30.0 Å². The summed E-state index contributed by atoms with van der Waals surface area (Å²) >= 11 is 3.45. The lowest BCUT2D eigenvalue weighted by Gasteiger charge is -2.30. The molecule has 1 fully saturated rings. The standard InChI is InChI=1S/C26H33BrFN3O4S/c1-19(26(33)29-23-9-3-4-10-23)30(18-20-7-5-8-21(27)17-20)25(32)11-6-16-31(36(2,34)35)24-14-12-22(28)13-15-24/h5,7-8,12-15,17,19,23H,3-4,6,9-11,16,18H2,1-2H3,(H,29,33)/t19-/m0/s1. The van der Waals surface area contributed by atoms with Gasteiger partial charge in [-0.2, -0.15) is 0 Å². The maximum atomic E-state index is 13.3. The van der Waals surface area contributed by atoms with Gasteiger partial charge in [0.25, 0.3) is 0 Å². The highest BCUT2D eigenvalue weighted by molar-refractivity contribution is 9.10. The zero-order chi connectivity index (χ0) is 26.3. The van der Waals surface area contributed by atoms with Crippen molar-refractivity contribution in [2.45, 2.75) is 64.1 Å². The Hall–Kier alpha value is -2.46. The highest BCUT2D eigenvalue weighted by Crippen LogP contribution is 2.21. The first kappa shape index (κ1) is 28.1. The van der Waals surface area contributed by atoms with Crippen molar-refractivity contribution in [2.24, 2.45) is 0 Å². The number of halogens is 2. The zero-order valence-electron chi connectivity index (χ0n) is 20.6. The van der Waals surface area contributed by atoms with E-state index in [0.717, 1.165) is 46.3 Å². The van der Waals surface area contributed by atoms with Crippen LogP contribution in [0.5, 0.6) is 0 Å². The van der Waals surface area contributed by atoms with Crippen LogP contribution in [0.25, 0.3) is 0 Å². The smallest absolute Gasteiger partial charge is 0.242 e. The number of amides is 2. The molecule has 1 saturated carbocycles. The Labute approximate surface area is 221 Å². The topological polar surface area (TPSA) is 86.8 Å². The van der Waals surface area contributed by atoms with E-state index in [1.54, 1.807) is 11.8 Å². The molecule has 3 rings (SSSR count). The van der Waals surface area contributed by atoms with E-state index in [1.807, 2.05) is 24.3 Å². The molecule has 10 heteroatoms. The molecule has 0 aromatic heterocycles. The summed E-state index contributed by atoms with van der Waals surface area (Å²) in [5.41, 5.74) is 1.21. The summed E-state index contributed by atoms with van der Waals surface area (Å²) in [6.45, 7) is 2.04. The number of hydrogen-bond acceptors (Lipinski definition) is 4. The number of sulfonamides is 1. The molecular weight excluding hydrogens is 549 g/mol. The van der Waals surface area contributed by atoms with Crippen LogP contribution in [0.1, 0.15) is 51.0 Å². The Morgan fingerprint density at radius 1 is 1.14 bits per heavy atom. The summed E-state index contributed by atoms with van der Waals surface area (Å²) in [5, 5.41) is 3.07. The molecule has 0 bridgehead atoms. The molecule has 0 aliphatic heterocycles. The Morgan fingerprint density at radius 3 is 2.42 bits per heavy atom. The fourth-order valence-corrected chi connectivity index (χ4v) is 5.83. The quantitative estimate of drug-likeness (QED) is 0.420. The summed E-state index contributed by atoms with van der Waals surface area (Å²) in [6, 6.07) is 12.2. The SMILES string of the molecule is C[C@@H](C(=O)NC1CCCC1)N(Cc1cccc(Br)c1)C(=O)CCCN(c1ccc(F)cc1)S(C)(=O)=O. The van der Waals surface area contributed by atoms with Gasteiger partial charge in [-0.15, -0.1) is 0 Å². The molecule has 2 amide bonds. The molecule has 0 heterocycles. The molecule has 1 atom stereocenters. The fourth-order valence-electron chi connectivity index (χ4n) is 4.42. The number of hydrogen-bond donors (Lipinski definition) is 1. The lowest BCUT2D eigenvalue weighted by molar-refractivity contribution is -0.141. The van der Waals surface area contributed by atoms with Crippen molar-refractivity contribution in [3.05, 3.63) is 64.4 Å². The van der Waals surface area contributed by atoms with Gasteiger partial charge in [0.1, 0.15) is 11.9 Å². The molecule has 0 unspecified atom stereocenters. The van der Waals surface area contributed by atoms with Crippen LogP contribution >= 0.6 is 15.9 Å². The molecular formula is C26H33BrFN3O4S. The number of benzene rings is 2. The number of nitrogens with one attached hydrogen (secondary N) is 1. The first-order valence-electron chi connectivity index (χ1n) is 12.1. The third kappa shape index (κ3) is 8.03. The number of rotatable bonds is 11. The third-order valence-corrected chi connectivity index (χ3v) is 8.06. The van der Waals surface area contributed by atoms with Gasteiger partial charge in [0.2, 0.25) is 21.8 Å². The van der Waals surface area contributed by atoms with Crippen molar-refractivity contribution >= 4 is 43.5 Å². The van der Waals surface area contributed by atoms with Crippen molar-refractivity contribution in [3.8, 4) is 0 Å². The molecule has 0 saturated heterocycles. The van der Waals surface area contributed by atoms with Gasteiger partial charge in [0.15, 0.2) is 0 Å². The van der Waals surface area contributed by atoms with Gasteiger partial charge in [-0.25, -0.2) is 12.8 Å². The molecule has 196 valence electrons. The second-order valence-electron chi connectivity index (χ2n) is 9.23. The van der Waals surface area contributed by atoms with Crippen molar-refractivity contribution in [1.82, 2.24) is 10.2 Å². The molecule has 0 spiro atoms. The second-order valence-corrected chi connectivity index (χ2v) is 12.1. The van der Waals surface area contributed by atoms with Crippen LogP contribution in [0.3, 0.4) is 0 Å². The summed E-state index contributed by atoms with van der Waals surface area (Å²) < 4.78 is 40.0. The average Bonchev–Trinajstić information content (AvgIpc) is 3.33. The number of anilines is 1. The molecule has 36 heavy (non-hydrogen) atoms. The summed E-state index contributed by atoms with van der Waals surface area (Å²) in [5.74, 6) is -0.888. The van der Waals surface area contributed by atoms with E-state index in [2.05, 4.69) is 21.2 Å². The first-order chi connectivity index (χ1) is 17.0. The Balaban J connectivity index is 1.71. The minimum Gasteiger partial charge on any atom is -0.352 e. The third-order valence-electron chi connectivity index (χ3n) is 6.38. The van der Waals surface area contributed by atoms with Crippen LogP contribution in [-0.4, -0.2) is 50.0 Å². The fraction of sp³-hybridized carbons (Fsp3) is 0.462. The monoisotopic (exact) mass is 581 g/mol. The lowest BCUT2D eigenvalue weighted by atomic mass is 10.1. The average molecular weight is 583 g/mol. The van der Waals surface area contributed by atoms with Gasteiger partial charge < -0.3 is 10.2 Å². The van der Waals surface area contributed by atoms with Crippen LogP contribution in [0, 0.1) is 5.82 Å². The Bertz CT molecular complexity index is 1150. The van der Waals surface area contributed by atoms with Crippen molar-refractivity contribution in [3.63, 3.8) is 0 Å². The Morgan fingerprint density at radius 2 is 1.81 bits per heavy atom. The normalized spacial score (nSPS) is 14.9. The molecule has 1 aliphatic rings. The van der Waals surface area contributed by atoms with E-state index >= 15 is 0 Å². The summed E-state index contributed by atoms with van der Waals surface area (Å²) in [7, 11) is -3.63. The van der Waals surface area contributed by atoms with Crippen molar-refractivity contribution in [1.29, 1.82) is 0 Å². The van der Waals surface area contributed by atoms with E-state index in [-0.39, 0.29) is 43.8 Å². The van der Waals surface area contributed by atoms with E-state index in [0.29, 0.717) is 5.69 Å². The van der Waals surface area contributed by atoms with Crippen molar-refractivity contribution < 1.29 is 22.4 Å². The molecule has 1 N–H and O–H groups in total. The minimum atomic E-state index is -3.63. The van der Waals surface area contributed by atoms with Gasteiger partial charge in [-0.3, -0.25) is 13.9 Å². The minimum absolute atomic E-state index is 0.0578. The van der Waals surface area contributed by atoms with Crippen LogP contribution in [0.2, 0.25) is 0 Å². The van der Waals surface area contributed by atoms with Gasteiger partial charge in [0.05, 0.1) is 11.9 Å². The molecule has 2 aromatic carbocycles. The predicted molar refractivity (Wildman–Crippen MR) is 142 cm³/mol. The predicted octanol–water partition coefficient (Wildman–Crippen LogP) is 4.61.